The van der Waals surface area contributed by atoms with Crippen LogP contribution < -0.4 is 10.1 Å². The number of hydrogen-bond donors (Lipinski definition) is 1. The Bertz CT molecular complexity index is 1160. The molecular weight excluding hydrogens is 478 g/mol. The lowest BCUT2D eigenvalue weighted by Crippen LogP contribution is -2.14. The van der Waals surface area contributed by atoms with Gasteiger partial charge in [-0.25, -0.2) is 0 Å². The Morgan fingerprint density at radius 2 is 1.77 bits per heavy atom. The second kappa shape index (κ2) is 9.76. The van der Waals surface area contributed by atoms with E-state index < -0.39 is 0 Å². The molecule has 0 aliphatic rings. The maximum absolute atomic E-state index is 12.3. The van der Waals surface area contributed by atoms with Crippen molar-refractivity contribution in [1.29, 1.82) is 0 Å². The van der Waals surface area contributed by atoms with E-state index in [2.05, 4.69) is 36.4 Å². The summed E-state index contributed by atoms with van der Waals surface area (Å²) in [5, 5.41) is 11.9. The second-order valence-electron chi connectivity index (χ2n) is 6.52. The highest BCUT2D eigenvalue weighted by atomic mass is 79.9. The van der Waals surface area contributed by atoms with Gasteiger partial charge in [0.05, 0.1) is 5.75 Å². The fraction of sp³-hybridized carbons (Fsp3) is 0.0909. The molecule has 0 saturated heterocycles. The van der Waals surface area contributed by atoms with Gasteiger partial charge in [-0.15, -0.1) is 10.2 Å². The minimum Gasteiger partial charge on any atom is -0.457 e. The number of pyridine rings is 1. The monoisotopic (exact) mass is 495 g/mol. The molecule has 2 aromatic heterocycles. The molecule has 0 fully saturated rings. The van der Waals surface area contributed by atoms with Gasteiger partial charge in [-0.3, -0.25) is 9.78 Å². The third-order valence-corrected chi connectivity index (χ3v) is 5.82. The van der Waals surface area contributed by atoms with Crippen LogP contribution >= 0.6 is 27.7 Å². The number of carbonyl (C=O) groups excluding carboxylic acids is 1. The van der Waals surface area contributed by atoms with Crippen LogP contribution in [0.3, 0.4) is 0 Å². The van der Waals surface area contributed by atoms with Gasteiger partial charge in [0.15, 0.2) is 11.0 Å². The van der Waals surface area contributed by atoms with Crippen molar-refractivity contribution in [3.63, 3.8) is 0 Å². The van der Waals surface area contributed by atoms with Crippen LogP contribution in [0.1, 0.15) is 0 Å². The molecule has 4 rings (SSSR count). The second-order valence-corrected chi connectivity index (χ2v) is 8.38. The lowest BCUT2D eigenvalue weighted by atomic mass is 10.3. The number of carbonyl (C=O) groups is 1. The molecule has 2 aromatic carbocycles. The minimum absolute atomic E-state index is 0.127. The minimum atomic E-state index is -0.127. The van der Waals surface area contributed by atoms with Crippen LogP contribution in [0.5, 0.6) is 11.5 Å². The topological polar surface area (TPSA) is 81.9 Å². The summed E-state index contributed by atoms with van der Waals surface area (Å²) in [6, 6.07) is 18.6. The molecular formula is C22H18BrN5O2S. The quantitative estimate of drug-likeness (QED) is 0.356. The van der Waals surface area contributed by atoms with Crippen molar-refractivity contribution in [2.75, 3.05) is 11.1 Å². The number of aromatic nitrogens is 4. The number of hydrogen-bond acceptors (Lipinski definition) is 6. The summed E-state index contributed by atoms with van der Waals surface area (Å²) in [7, 11) is 1.87. The molecule has 0 bridgehead atoms. The zero-order valence-corrected chi connectivity index (χ0v) is 18.9. The number of rotatable bonds is 7. The number of benzene rings is 2. The van der Waals surface area contributed by atoms with Gasteiger partial charge in [0, 0.05) is 35.2 Å². The van der Waals surface area contributed by atoms with Gasteiger partial charge in [-0.05, 0) is 60.7 Å². The summed E-state index contributed by atoms with van der Waals surface area (Å²) in [5.41, 5.74) is 1.57. The summed E-state index contributed by atoms with van der Waals surface area (Å²) in [5.74, 6) is 2.23. The molecule has 1 amide bonds. The van der Waals surface area contributed by atoms with Gasteiger partial charge in [-0.2, -0.15) is 0 Å². The van der Waals surface area contributed by atoms with Gasteiger partial charge in [-0.1, -0.05) is 27.7 Å². The molecule has 31 heavy (non-hydrogen) atoms. The summed E-state index contributed by atoms with van der Waals surface area (Å²) in [6.45, 7) is 0. The van der Waals surface area contributed by atoms with E-state index in [1.165, 1.54) is 11.8 Å². The first-order valence-electron chi connectivity index (χ1n) is 9.34. The van der Waals surface area contributed by atoms with E-state index in [0.29, 0.717) is 22.4 Å². The third kappa shape index (κ3) is 5.50. The predicted molar refractivity (Wildman–Crippen MR) is 124 cm³/mol. The van der Waals surface area contributed by atoms with Crippen molar-refractivity contribution in [2.45, 2.75) is 5.16 Å². The summed E-state index contributed by atoms with van der Waals surface area (Å²) < 4.78 is 8.63. The largest absolute Gasteiger partial charge is 0.457 e. The van der Waals surface area contributed by atoms with Crippen LogP contribution in [0.15, 0.2) is 82.7 Å². The highest BCUT2D eigenvalue weighted by Crippen LogP contribution is 2.25. The van der Waals surface area contributed by atoms with Gasteiger partial charge in [0.1, 0.15) is 11.5 Å². The number of nitrogens with one attached hydrogen (secondary N) is 1. The first-order valence-corrected chi connectivity index (χ1v) is 11.1. The lowest BCUT2D eigenvalue weighted by molar-refractivity contribution is -0.113. The molecule has 0 radical (unpaired) electrons. The molecule has 4 aromatic rings. The predicted octanol–water partition coefficient (Wildman–Crippen LogP) is 5.16. The zero-order valence-electron chi connectivity index (χ0n) is 16.5. The van der Waals surface area contributed by atoms with Crippen molar-refractivity contribution in [1.82, 2.24) is 19.7 Å². The van der Waals surface area contributed by atoms with Crippen molar-refractivity contribution in [2.24, 2.45) is 7.05 Å². The Kier molecular flexibility index (Phi) is 6.63. The average Bonchev–Trinajstić information content (AvgIpc) is 3.16. The molecule has 9 heteroatoms. The van der Waals surface area contributed by atoms with E-state index in [-0.39, 0.29) is 11.7 Å². The maximum atomic E-state index is 12.3. The highest BCUT2D eigenvalue weighted by molar-refractivity contribution is 9.10. The van der Waals surface area contributed by atoms with Crippen molar-refractivity contribution >= 4 is 39.3 Å². The number of nitrogens with zero attached hydrogens (tertiary/aromatic N) is 4. The van der Waals surface area contributed by atoms with Crippen LogP contribution in [0.2, 0.25) is 0 Å². The number of anilines is 1. The maximum Gasteiger partial charge on any atom is 0.234 e. The van der Waals surface area contributed by atoms with Crippen LogP contribution in [-0.4, -0.2) is 31.4 Å². The first kappa shape index (κ1) is 21.1. The Labute approximate surface area is 192 Å². The number of thioether (sulfide) groups is 1. The Morgan fingerprint density at radius 1 is 1.06 bits per heavy atom. The van der Waals surface area contributed by atoms with Crippen LogP contribution in [-0.2, 0) is 11.8 Å². The van der Waals surface area contributed by atoms with Crippen molar-refractivity contribution < 1.29 is 9.53 Å². The standard InChI is InChI=1S/C22H18BrN5O2S/c1-28-21(15-3-2-12-24-13-15)26-27-22(28)31-14-20(29)25-17-6-10-19(11-7-17)30-18-8-4-16(23)5-9-18/h2-13H,14H2,1H3,(H,25,29). The van der Waals surface area contributed by atoms with E-state index in [0.717, 1.165) is 15.8 Å². The molecule has 0 aliphatic carbocycles. The van der Waals surface area contributed by atoms with Crippen LogP contribution in [0, 0.1) is 0 Å². The molecule has 7 nitrogen and oxygen atoms in total. The van der Waals surface area contributed by atoms with Crippen molar-refractivity contribution in [3.8, 4) is 22.9 Å². The fourth-order valence-electron chi connectivity index (χ4n) is 2.76. The zero-order chi connectivity index (χ0) is 21.6. The Morgan fingerprint density at radius 3 is 2.45 bits per heavy atom. The summed E-state index contributed by atoms with van der Waals surface area (Å²) in [4.78, 5) is 16.4. The van der Waals surface area contributed by atoms with Gasteiger partial charge in [0.25, 0.3) is 0 Å². The Balaban J connectivity index is 1.31. The first-order chi connectivity index (χ1) is 15.1. The van der Waals surface area contributed by atoms with E-state index in [1.807, 2.05) is 60.1 Å². The third-order valence-electron chi connectivity index (χ3n) is 4.27. The number of amides is 1. The van der Waals surface area contributed by atoms with Gasteiger partial charge < -0.3 is 14.6 Å². The van der Waals surface area contributed by atoms with E-state index in [4.69, 9.17) is 4.74 Å². The van der Waals surface area contributed by atoms with Crippen LogP contribution in [0.4, 0.5) is 5.69 Å². The Hall–Kier alpha value is -3.17. The highest BCUT2D eigenvalue weighted by Gasteiger charge is 2.13. The average molecular weight is 496 g/mol. The summed E-state index contributed by atoms with van der Waals surface area (Å²) in [6.07, 6.45) is 3.44. The fourth-order valence-corrected chi connectivity index (χ4v) is 3.73. The van der Waals surface area contributed by atoms with E-state index in [1.54, 1.807) is 24.5 Å². The normalized spacial score (nSPS) is 10.6. The lowest BCUT2D eigenvalue weighted by Gasteiger charge is -2.08. The number of ether oxygens (including phenoxy) is 1. The molecule has 0 saturated carbocycles. The molecule has 156 valence electrons. The van der Waals surface area contributed by atoms with E-state index in [9.17, 15) is 4.79 Å². The molecule has 0 spiro atoms. The molecule has 2 heterocycles. The SMILES string of the molecule is Cn1c(SCC(=O)Nc2ccc(Oc3ccc(Br)cc3)cc2)nnc1-c1cccnc1. The molecule has 0 atom stereocenters. The van der Waals surface area contributed by atoms with E-state index >= 15 is 0 Å². The molecule has 0 aliphatic heterocycles. The molecule has 0 unspecified atom stereocenters. The molecule has 1 N–H and O–H groups in total. The van der Waals surface area contributed by atoms with Crippen LogP contribution in [0.25, 0.3) is 11.4 Å². The van der Waals surface area contributed by atoms with Gasteiger partial charge in [0.2, 0.25) is 5.91 Å². The summed E-state index contributed by atoms with van der Waals surface area (Å²) >= 11 is 4.72. The van der Waals surface area contributed by atoms with Crippen molar-refractivity contribution in [3.05, 3.63) is 77.5 Å². The smallest absolute Gasteiger partial charge is 0.234 e. The number of halogens is 1. The van der Waals surface area contributed by atoms with Gasteiger partial charge >= 0.3 is 0 Å².